The second kappa shape index (κ2) is 8.00. The molecule has 0 bridgehead atoms. The lowest BCUT2D eigenvalue weighted by molar-refractivity contribution is -0.149. The van der Waals surface area contributed by atoms with E-state index in [1.54, 1.807) is 7.05 Å². The predicted octanol–water partition coefficient (Wildman–Crippen LogP) is 1.68. The molecule has 1 aliphatic rings. The van der Waals surface area contributed by atoms with Crippen molar-refractivity contribution in [2.45, 2.75) is 26.3 Å². The fourth-order valence-corrected chi connectivity index (χ4v) is 3.20. The Hall–Kier alpha value is -2.57. The van der Waals surface area contributed by atoms with Crippen LogP contribution in [0.3, 0.4) is 0 Å². The second-order valence-electron chi connectivity index (χ2n) is 6.14. The monoisotopic (exact) mass is 343 g/mol. The minimum atomic E-state index is -0.108. The van der Waals surface area contributed by atoms with Crippen LogP contribution in [0.2, 0.25) is 0 Å². The number of carbonyl (C=O) groups is 1. The molecule has 0 spiro atoms. The van der Waals surface area contributed by atoms with E-state index in [1.807, 2.05) is 41.9 Å². The number of carbonyl (C=O) groups excluding carboxylic acids is 1. The van der Waals surface area contributed by atoms with Crippen LogP contribution >= 0.6 is 0 Å². The number of rotatable bonds is 4. The lowest BCUT2D eigenvalue weighted by atomic mass is 9.98. The average molecular weight is 343 g/mol. The van der Waals surface area contributed by atoms with E-state index in [0.717, 1.165) is 36.7 Å². The van der Waals surface area contributed by atoms with Crippen LogP contribution < -0.4 is 5.32 Å². The zero-order valence-electron chi connectivity index (χ0n) is 14.8. The zero-order chi connectivity index (χ0) is 17.6. The summed E-state index contributed by atoms with van der Waals surface area (Å²) in [6.45, 7) is 4.39. The van der Waals surface area contributed by atoms with Crippen LogP contribution in [0.25, 0.3) is 5.65 Å². The molecule has 2 aromatic heterocycles. The lowest BCUT2D eigenvalue weighted by Gasteiger charge is -2.33. The summed E-state index contributed by atoms with van der Waals surface area (Å²) in [7, 11) is 1.76. The molecular formula is C18H25N5O2. The smallest absolute Gasteiger partial charge is 0.310 e. The van der Waals surface area contributed by atoms with Crippen LogP contribution in [0.15, 0.2) is 35.6 Å². The number of esters is 1. The van der Waals surface area contributed by atoms with Gasteiger partial charge in [-0.3, -0.25) is 9.79 Å². The Morgan fingerprint density at radius 3 is 3.12 bits per heavy atom. The number of fused-ring (bicyclic) bond motifs is 1. The van der Waals surface area contributed by atoms with Crippen molar-refractivity contribution in [3.05, 3.63) is 36.3 Å². The van der Waals surface area contributed by atoms with Crippen LogP contribution in [0.1, 0.15) is 25.5 Å². The lowest BCUT2D eigenvalue weighted by Crippen LogP contribution is -2.48. The van der Waals surface area contributed by atoms with Gasteiger partial charge in [-0.2, -0.15) is 0 Å². The van der Waals surface area contributed by atoms with Crippen molar-refractivity contribution in [1.29, 1.82) is 0 Å². The first-order chi connectivity index (χ1) is 12.2. The highest BCUT2D eigenvalue weighted by Crippen LogP contribution is 2.18. The maximum Gasteiger partial charge on any atom is 0.310 e. The number of pyridine rings is 1. The van der Waals surface area contributed by atoms with Gasteiger partial charge in [-0.1, -0.05) is 6.07 Å². The summed E-state index contributed by atoms with van der Waals surface area (Å²) in [5, 5.41) is 3.36. The van der Waals surface area contributed by atoms with Crippen molar-refractivity contribution in [3.8, 4) is 0 Å². The molecule has 7 nitrogen and oxygen atoms in total. The van der Waals surface area contributed by atoms with E-state index in [4.69, 9.17) is 4.74 Å². The standard InChI is InChI=1S/C18H25N5O2/c1-3-25-17(24)14-7-6-10-23(12-14)18(19-2)20-11-15-13-22-9-5-4-8-16(22)21-15/h4-5,8-9,13-14H,3,6-7,10-12H2,1-2H3,(H,19,20). The summed E-state index contributed by atoms with van der Waals surface area (Å²) in [5.74, 6) is 0.608. The highest BCUT2D eigenvalue weighted by atomic mass is 16.5. The van der Waals surface area contributed by atoms with E-state index < -0.39 is 0 Å². The fraction of sp³-hybridized carbons (Fsp3) is 0.500. The molecule has 1 saturated heterocycles. The molecule has 1 atom stereocenters. The first-order valence-corrected chi connectivity index (χ1v) is 8.76. The third kappa shape index (κ3) is 4.10. The van der Waals surface area contributed by atoms with Crippen LogP contribution in [-0.4, -0.2) is 53.0 Å². The molecular weight excluding hydrogens is 318 g/mol. The fourth-order valence-electron chi connectivity index (χ4n) is 3.20. The van der Waals surface area contributed by atoms with Gasteiger partial charge in [-0.15, -0.1) is 0 Å². The number of aromatic nitrogens is 2. The van der Waals surface area contributed by atoms with Gasteiger partial charge in [0.2, 0.25) is 0 Å². The number of ether oxygens (including phenoxy) is 1. The predicted molar refractivity (Wildman–Crippen MR) is 96.3 cm³/mol. The van der Waals surface area contributed by atoms with Crippen molar-refractivity contribution < 1.29 is 9.53 Å². The highest BCUT2D eigenvalue weighted by Gasteiger charge is 2.28. The SMILES string of the molecule is CCOC(=O)C1CCCN(C(=NC)NCc2cn3ccccc3n2)C1. The first-order valence-electron chi connectivity index (χ1n) is 8.76. The third-order valence-corrected chi connectivity index (χ3v) is 4.39. The average Bonchev–Trinajstić information content (AvgIpc) is 3.05. The molecule has 134 valence electrons. The number of nitrogens with zero attached hydrogens (tertiary/aromatic N) is 4. The van der Waals surface area contributed by atoms with Crippen molar-refractivity contribution in [2.24, 2.45) is 10.9 Å². The molecule has 2 aromatic rings. The molecule has 1 fully saturated rings. The van der Waals surface area contributed by atoms with Gasteiger partial charge in [0.1, 0.15) is 5.65 Å². The maximum atomic E-state index is 12.0. The highest BCUT2D eigenvalue weighted by molar-refractivity contribution is 5.81. The Morgan fingerprint density at radius 1 is 1.48 bits per heavy atom. The van der Waals surface area contributed by atoms with Gasteiger partial charge >= 0.3 is 5.97 Å². The molecule has 0 aliphatic carbocycles. The normalized spacial score (nSPS) is 18.4. The molecule has 1 aliphatic heterocycles. The van der Waals surface area contributed by atoms with Crippen LogP contribution in [0.4, 0.5) is 0 Å². The van der Waals surface area contributed by atoms with E-state index in [9.17, 15) is 4.79 Å². The van der Waals surface area contributed by atoms with Gasteiger partial charge in [-0.25, -0.2) is 4.98 Å². The van der Waals surface area contributed by atoms with Crippen molar-refractivity contribution >= 4 is 17.6 Å². The first kappa shape index (κ1) is 17.3. The van der Waals surface area contributed by atoms with E-state index in [-0.39, 0.29) is 11.9 Å². The summed E-state index contributed by atoms with van der Waals surface area (Å²) in [5.41, 5.74) is 1.88. The van der Waals surface area contributed by atoms with Gasteiger partial charge in [0.05, 0.1) is 24.8 Å². The molecule has 0 amide bonds. The number of guanidine groups is 1. The number of imidazole rings is 1. The van der Waals surface area contributed by atoms with Gasteiger partial charge < -0.3 is 19.4 Å². The summed E-state index contributed by atoms with van der Waals surface area (Å²) in [6.07, 6.45) is 5.82. The van der Waals surface area contributed by atoms with Crippen molar-refractivity contribution in [3.63, 3.8) is 0 Å². The Kier molecular flexibility index (Phi) is 5.53. The molecule has 0 saturated carbocycles. The Morgan fingerprint density at radius 2 is 2.36 bits per heavy atom. The topological polar surface area (TPSA) is 71.2 Å². The Labute approximate surface area is 147 Å². The van der Waals surface area contributed by atoms with Crippen molar-refractivity contribution in [2.75, 3.05) is 26.7 Å². The number of hydrogen-bond acceptors (Lipinski definition) is 4. The second-order valence-corrected chi connectivity index (χ2v) is 6.14. The van der Waals surface area contributed by atoms with Gasteiger partial charge in [-0.05, 0) is 31.9 Å². The van der Waals surface area contributed by atoms with Crippen molar-refractivity contribution in [1.82, 2.24) is 19.6 Å². The Bertz CT molecular complexity index is 722. The molecule has 25 heavy (non-hydrogen) atoms. The van der Waals surface area contributed by atoms with E-state index in [2.05, 4.69) is 20.2 Å². The molecule has 1 N–H and O–H groups in total. The van der Waals surface area contributed by atoms with Crippen LogP contribution in [0.5, 0.6) is 0 Å². The number of piperidine rings is 1. The number of hydrogen-bond donors (Lipinski definition) is 1. The van der Waals surface area contributed by atoms with Gasteiger partial charge in [0.25, 0.3) is 0 Å². The van der Waals surface area contributed by atoms with Gasteiger partial charge in [0.15, 0.2) is 5.96 Å². The minimum Gasteiger partial charge on any atom is -0.466 e. The molecule has 7 heteroatoms. The zero-order valence-corrected chi connectivity index (χ0v) is 14.8. The number of aliphatic imine (C=N–C) groups is 1. The molecule has 1 unspecified atom stereocenters. The van der Waals surface area contributed by atoms with Crippen LogP contribution in [0, 0.1) is 5.92 Å². The molecule has 3 heterocycles. The quantitative estimate of drug-likeness (QED) is 0.520. The molecule has 0 radical (unpaired) electrons. The maximum absolute atomic E-state index is 12.0. The van der Waals surface area contributed by atoms with E-state index >= 15 is 0 Å². The largest absolute Gasteiger partial charge is 0.466 e. The molecule has 3 rings (SSSR count). The third-order valence-electron chi connectivity index (χ3n) is 4.39. The van der Waals surface area contributed by atoms with E-state index in [0.29, 0.717) is 19.7 Å². The summed E-state index contributed by atoms with van der Waals surface area (Å²) < 4.78 is 7.16. The summed E-state index contributed by atoms with van der Waals surface area (Å²) in [6, 6.07) is 5.93. The van der Waals surface area contributed by atoms with Crippen LogP contribution in [-0.2, 0) is 16.1 Å². The number of likely N-dealkylation sites (tertiary alicyclic amines) is 1. The summed E-state index contributed by atoms with van der Waals surface area (Å²) >= 11 is 0. The Balaban J connectivity index is 1.61. The van der Waals surface area contributed by atoms with E-state index in [1.165, 1.54) is 0 Å². The van der Waals surface area contributed by atoms with Gasteiger partial charge in [0, 0.05) is 32.5 Å². The molecule has 0 aromatic carbocycles. The summed E-state index contributed by atoms with van der Waals surface area (Å²) in [4.78, 5) is 23.1. The minimum absolute atomic E-state index is 0.0811. The number of nitrogens with one attached hydrogen (secondary N) is 1.